The van der Waals surface area contributed by atoms with Gasteiger partial charge in [0.2, 0.25) is 0 Å². The van der Waals surface area contributed by atoms with Gasteiger partial charge < -0.3 is 10.5 Å². The van der Waals surface area contributed by atoms with Crippen LogP contribution in [0.2, 0.25) is 0 Å². The second-order valence-electron chi connectivity index (χ2n) is 5.80. The van der Waals surface area contributed by atoms with Gasteiger partial charge in [0.25, 0.3) is 0 Å². The molecular formula is C16H26F2N2O. The van der Waals surface area contributed by atoms with E-state index < -0.39 is 6.61 Å². The second-order valence-corrected chi connectivity index (χ2v) is 5.80. The average molecular weight is 300 g/mol. The quantitative estimate of drug-likeness (QED) is 0.796. The Morgan fingerprint density at radius 1 is 1.14 bits per heavy atom. The Labute approximate surface area is 126 Å². The molecule has 3 nitrogen and oxygen atoms in total. The maximum absolute atomic E-state index is 12.1. The molecule has 0 saturated carbocycles. The van der Waals surface area contributed by atoms with Crippen molar-refractivity contribution < 1.29 is 13.5 Å². The average Bonchev–Trinajstić information content (AvgIpc) is 2.43. The number of benzene rings is 1. The normalized spacial score (nSPS) is 14.8. The molecule has 21 heavy (non-hydrogen) atoms. The van der Waals surface area contributed by atoms with Crippen LogP contribution in [0.1, 0.15) is 38.8 Å². The summed E-state index contributed by atoms with van der Waals surface area (Å²) >= 11 is 0. The van der Waals surface area contributed by atoms with Gasteiger partial charge in [0, 0.05) is 12.1 Å². The van der Waals surface area contributed by atoms with Gasteiger partial charge >= 0.3 is 6.61 Å². The molecule has 0 radical (unpaired) electrons. The van der Waals surface area contributed by atoms with Crippen LogP contribution in [0.15, 0.2) is 24.3 Å². The Bertz CT molecular complexity index is 409. The molecule has 0 heterocycles. The summed E-state index contributed by atoms with van der Waals surface area (Å²) in [4.78, 5) is 2.21. The van der Waals surface area contributed by atoms with Gasteiger partial charge in [-0.25, -0.2) is 0 Å². The molecule has 120 valence electrons. The molecule has 1 rings (SSSR count). The molecule has 0 bridgehead atoms. The number of rotatable bonds is 8. The van der Waals surface area contributed by atoms with E-state index >= 15 is 0 Å². The van der Waals surface area contributed by atoms with E-state index in [2.05, 4.69) is 30.4 Å². The zero-order chi connectivity index (χ0) is 16.0. The monoisotopic (exact) mass is 300 g/mol. The van der Waals surface area contributed by atoms with Crippen molar-refractivity contribution in [3.63, 3.8) is 0 Å². The topological polar surface area (TPSA) is 38.5 Å². The van der Waals surface area contributed by atoms with Crippen molar-refractivity contribution >= 4 is 0 Å². The molecular weight excluding hydrogens is 274 g/mol. The van der Waals surface area contributed by atoms with Crippen LogP contribution in [-0.2, 0) is 0 Å². The van der Waals surface area contributed by atoms with Crippen molar-refractivity contribution in [1.29, 1.82) is 0 Å². The number of halogens is 2. The van der Waals surface area contributed by atoms with Crippen LogP contribution in [0.5, 0.6) is 5.75 Å². The zero-order valence-electron chi connectivity index (χ0n) is 13.2. The van der Waals surface area contributed by atoms with E-state index in [-0.39, 0.29) is 17.8 Å². The molecule has 0 aliphatic rings. The summed E-state index contributed by atoms with van der Waals surface area (Å²) in [6.45, 7) is 4.44. The third-order valence-corrected chi connectivity index (χ3v) is 3.92. The van der Waals surface area contributed by atoms with Gasteiger partial charge in [-0.2, -0.15) is 8.78 Å². The Balaban J connectivity index is 2.55. The Kier molecular flexibility index (Phi) is 7.05. The molecule has 0 amide bonds. The standard InChI is InChI=1S/C16H26F2N2O/c1-11(2)15(19)9-10-20(4)12(3)13-5-7-14(8-6-13)21-16(17)18/h5-8,11-12,15-16H,9-10,19H2,1-4H3. The molecule has 2 N–H and O–H groups in total. The number of ether oxygens (including phenoxy) is 1. The summed E-state index contributed by atoms with van der Waals surface area (Å²) in [5.74, 6) is 0.657. The van der Waals surface area contributed by atoms with Gasteiger partial charge in [-0.05, 0) is 50.6 Å². The van der Waals surface area contributed by atoms with Gasteiger partial charge in [0.15, 0.2) is 0 Å². The van der Waals surface area contributed by atoms with Crippen molar-refractivity contribution in [2.45, 2.75) is 45.9 Å². The van der Waals surface area contributed by atoms with Crippen molar-refractivity contribution in [3.05, 3.63) is 29.8 Å². The SMILES string of the molecule is CC(C)C(N)CCN(C)C(C)c1ccc(OC(F)F)cc1. The molecule has 1 aromatic rings. The largest absolute Gasteiger partial charge is 0.435 e. The van der Waals surface area contributed by atoms with E-state index in [1.807, 2.05) is 19.2 Å². The first-order valence-corrected chi connectivity index (χ1v) is 7.31. The third kappa shape index (κ3) is 5.98. The van der Waals surface area contributed by atoms with Crippen molar-refractivity contribution in [1.82, 2.24) is 4.90 Å². The smallest absolute Gasteiger partial charge is 0.387 e. The maximum Gasteiger partial charge on any atom is 0.387 e. The Hall–Kier alpha value is -1.20. The lowest BCUT2D eigenvalue weighted by atomic mass is 10.0. The molecule has 0 aliphatic heterocycles. The number of alkyl halides is 2. The van der Waals surface area contributed by atoms with E-state index in [0.717, 1.165) is 18.5 Å². The predicted molar refractivity (Wildman–Crippen MR) is 81.5 cm³/mol. The lowest BCUT2D eigenvalue weighted by Crippen LogP contribution is -2.32. The van der Waals surface area contributed by atoms with Crippen molar-refractivity contribution in [2.24, 2.45) is 11.7 Å². The molecule has 2 atom stereocenters. The first-order chi connectivity index (χ1) is 9.81. The zero-order valence-corrected chi connectivity index (χ0v) is 13.2. The van der Waals surface area contributed by atoms with E-state index in [9.17, 15) is 8.78 Å². The highest BCUT2D eigenvalue weighted by Crippen LogP contribution is 2.23. The third-order valence-electron chi connectivity index (χ3n) is 3.92. The van der Waals surface area contributed by atoms with E-state index in [1.165, 1.54) is 0 Å². The summed E-state index contributed by atoms with van der Waals surface area (Å²) in [6.07, 6.45) is 0.936. The number of hydrogen-bond donors (Lipinski definition) is 1. The molecule has 5 heteroatoms. The Morgan fingerprint density at radius 2 is 1.71 bits per heavy atom. The van der Waals surface area contributed by atoms with Crippen LogP contribution < -0.4 is 10.5 Å². The molecule has 2 unspecified atom stereocenters. The lowest BCUT2D eigenvalue weighted by Gasteiger charge is -2.27. The predicted octanol–water partition coefficient (Wildman–Crippen LogP) is 3.65. The van der Waals surface area contributed by atoms with Crippen LogP contribution in [0.25, 0.3) is 0 Å². The fraction of sp³-hybridized carbons (Fsp3) is 0.625. The second kappa shape index (κ2) is 8.29. The first kappa shape index (κ1) is 17.9. The van der Waals surface area contributed by atoms with Crippen LogP contribution in [0.4, 0.5) is 8.78 Å². The minimum Gasteiger partial charge on any atom is -0.435 e. The number of nitrogens with zero attached hydrogens (tertiary/aromatic N) is 1. The maximum atomic E-state index is 12.1. The summed E-state index contributed by atoms with van der Waals surface area (Å²) < 4.78 is 28.6. The minimum atomic E-state index is -2.78. The van der Waals surface area contributed by atoms with Gasteiger partial charge in [-0.1, -0.05) is 26.0 Å². The van der Waals surface area contributed by atoms with Crippen LogP contribution in [0.3, 0.4) is 0 Å². The van der Waals surface area contributed by atoms with Gasteiger partial charge in [0.05, 0.1) is 0 Å². The highest BCUT2D eigenvalue weighted by Gasteiger charge is 2.14. The van der Waals surface area contributed by atoms with Crippen LogP contribution in [-0.4, -0.2) is 31.1 Å². The molecule has 0 fully saturated rings. The molecule has 0 aromatic heterocycles. The highest BCUT2D eigenvalue weighted by atomic mass is 19.3. The number of nitrogens with two attached hydrogens (primary N) is 1. The van der Waals surface area contributed by atoms with Gasteiger partial charge in [0.1, 0.15) is 5.75 Å². The van der Waals surface area contributed by atoms with E-state index in [0.29, 0.717) is 5.92 Å². The molecule has 0 aliphatic carbocycles. The fourth-order valence-corrected chi connectivity index (χ4v) is 2.06. The fourth-order valence-electron chi connectivity index (χ4n) is 2.06. The molecule has 0 spiro atoms. The number of hydrogen-bond acceptors (Lipinski definition) is 3. The first-order valence-electron chi connectivity index (χ1n) is 7.31. The highest BCUT2D eigenvalue weighted by molar-refractivity contribution is 5.29. The summed E-state index contributed by atoms with van der Waals surface area (Å²) in [5.41, 5.74) is 7.12. The summed E-state index contributed by atoms with van der Waals surface area (Å²) in [5, 5.41) is 0. The summed E-state index contributed by atoms with van der Waals surface area (Å²) in [6, 6.07) is 7.19. The van der Waals surface area contributed by atoms with Crippen molar-refractivity contribution in [3.8, 4) is 5.75 Å². The van der Waals surface area contributed by atoms with Crippen LogP contribution in [0, 0.1) is 5.92 Å². The van der Waals surface area contributed by atoms with Gasteiger partial charge in [-0.3, -0.25) is 4.90 Å². The minimum absolute atomic E-state index is 0.186. The Morgan fingerprint density at radius 3 is 2.19 bits per heavy atom. The van der Waals surface area contributed by atoms with E-state index in [1.54, 1.807) is 12.1 Å². The van der Waals surface area contributed by atoms with Crippen molar-refractivity contribution in [2.75, 3.05) is 13.6 Å². The summed E-state index contributed by atoms with van der Waals surface area (Å²) in [7, 11) is 2.04. The lowest BCUT2D eigenvalue weighted by molar-refractivity contribution is -0.0498. The van der Waals surface area contributed by atoms with Crippen LogP contribution >= 0.6 is 0 Å². The molecule has 1 aromatic carbocycles. The van der Waals surface area contributed by atoms with E-state index in [4.69, 9.17) is 5.73 Å². The van der Waals surface area contributed by atoms with Gasteiger partial charge in [-0.15, -0.1) is 0 Å². The molecule has 0 saturated heterocycles.